The van der Waals surface area contributed by atoms with Crippen LogP contribution in [-0.2, 0) is 9.59 Å². The Hall–Kier alpha value is -1.55. The van der Waals surface area contributed by atoms with Crippen LogP contribution in [-0.4, -0.2) is 42.8 Å². The number of rotatable bonds is 5. The van der Waals surface area contributed by atoms with Crippen LogP contribution in [0.25, 0.3) is 0 Å². The van der Waals surface area contributed by atoms with E-state index in [1.54, 1.807) is 0 Å². The van der Waals surface area contributed by atoms with Crippen LogP contribution < -0.4 is 4.90 Å². The van der Waals surface area contributed by atoms with Gasteiger partial charge >= 0.3 is 0 Å². The Bertz CT molecular complexity index is 592. The topological polar surface area (TPSA) is 40.6 Å². The van der Waals surface area contributed by atoms with E-state index in [-0.39, 0.29) is 23.5 Å². The van der Waals surface area contributed by atoms with Crippen molar-refractivity contribution in [2.45, 2.75) is 26.2 Å². The molecule has 1 aromatic rings. The van der Waals surface area contributed by atoms with Gasteiger partial charge in [-0.15, -0.1) is 0 Å². The van der Waals surface area contributed by atoms with E-state index in [0.29, 0.717) is 19.5 Å². The lowest BCUT2D eigenvalue weighted by molar-refractivity contribution is -0.137. The van der Waals surface area contributed by atoms with Crippen molar-refractivity contribution in [2.75, 3.05) is 31.1 Å². The monoisotopic (exact) mass is 334 g/mol. The summed E-state index contributed by atoms with van der Waals surface area (Å²) in [7, 11) is 0. The maximum absolute atomic E-state index is 12.5. The molecule has 2 fully saturated rings. The minimum Gasteiger partial charge on any atom is -0.368 e. The zero-order valence-corrected chi connectivity index (χ0v) is 14.3. The summed E-state index contributed by atoms with van der Waals surface area (Å²) in [5.41, 5.74) is 1.10. The first-order valence-corrected chi connectivity index (χ1v) is 8.74. The first-order valence-electron chi connectivity index (χ1n) is 8.36. The average Bonchev–Trinajstić information content (AvgIpc) is 3.39. The van der Waals surface area contributed by atoms with Gasteiger partial charge < -0.3 is 9.80 Å². The zero-order valence-electron chi connectivity index (χ0n) is 13.5. The highest BCUT2D eigenvalue weighted by Gasteiger charge is 2.33. The number of hydrogen-bond acceptors (Lipinski definition) is 3. The molecule has 1 heterocycles. The fourth-order valence-corrected chi connectivity index (χ4v) is 3.32. The standard InChI is InChI=1S/C18H23ClN2O2/c1-13(11-17(22)14-5-6-14)18(23)21-9-7-20(8-10-21)16-4-2-3-15(19)12-16/h2-4,12-14H,5-11H2,1H3. The maximum Gasteiger partial charge on any atom is 0.225 e. The molecule has 1 atom stereocenters. The van der Waals surface area contributed by atoms with Gasteiger partial charge in [-0.3, -0.25) is 9.59 Å². The molecule has 1 aliphatic heterocycles. The number of hydrogen-bond donors (Lipinski definition) is 0. The minimum atomic E-state index is -0.194. The van der Waals surface area contributed by atoms with Crippen LogP contribution in [0.15, 0.2) is 24.3 Å². The first kappa shape index (κ1) is 16.3. The molecule has 0 aromatic heterocycles. The molecular formula is C18H23ClN2O2. The number of amides is 1. The molecule has 1 unspecified atom stereocenters. The third-order valence-corrected chi connectivity index (χ3v) is 4.96. The molecule has 124 valence electrons. The first-order chi connectivity index (χ1) is 11.0. The normalized spacial score (nSPS) is 19.6. The molecule has 4 nitrogen and oxygen atoms in total. The minimum absolute atomic E-state index is 0.116. The van der Waals surface area contributed by atoms with Crippen LogP contribution >= 0.6 is 11.6 Å². The van der Waals surface area contributed by atoms with Crippen molar-refractivity contribution in [3.05, 3.63) is 29.3 Å². The molecule has 0 spiro atoms. The quantitative estimate of drug-likeness (QED) is 0.831. The summed E-state index contributed by atoms with van der Waals surface area (Å²) >= 11 is 6.04. The van der Waals surface area contributed by atoms with Gasteiger partial charge in [-0.2, -0.15) is 0 Å². The van der Waals surface area contributed by atoms with Crippen molar-refractivity contribution in [1.82, 2.24) is 4.90 Å². The van der Waals surface area contributed by atoms with Crippen LogP contribution in [0.3, 0.4) is 0 Å². The number of nitrogens with zero attached hydrogens (tertiary/aromatic N) is 2. The predicted molar refractivity (Wildman–Crippen MR) is 91.8 cm³/mol. The molecule has 1 saturated carbocycles. The van der Waals surface area contributed by atoms with E-state index in [0.717, 1.165) is 36.6 Å². The summed E-state index contributed by atoms with van der Waals surface area (Å²) in [6, 6.07) is 7.81. The predicted octanol–water partition coefficient (Wildman–Crippen LogP) is 2.99. The number of halogens is 1. The fourth-order valence-electron chi connectivity index (χ4n) is 3.13. The van der Waals surface area contributed by atoms with Crippen LogP contribution in [0.2, 0.25) is 5.02 Å². The fraction of sp³-hybridized carbons (Fsp3) is 0.556. The highest BCUT2D eigenvalue weighted by atomic mass is 35.5. The number of benzene rings is 1. The van der Waals surface area contributed by atoms with Gasteiger partial charge in [-0.25, -0.2) is 0 Å². The average molecular weight is 335 g/mol. The molecule has 2 aliphatic rings. The maximum atomic E-state index is 12.5. The van der Waals surface area contributed by atoms with Gasteiger partial charge in [0, 0.05) is 55.1 Å². The van der Waals surface area contributed by atoms with Crippen molar-refractivity contribution < 1.29 is 9.59 Å². The Kier molecular flexibility index (Phi) is 4.90. The number of carbonyl (C=O) groups is 2. The Morgan fingerprint density at radius 3 is 2.52 bits per heavy atom. The zero-order chi connectivity index (χ0) is 16.4. The lowest BCUT2D eigenvalue weighted by Gasteiger charge is -2.37. The number of ketones is 1. The molecule has 1 aliphatic carbocycles. The van der Waals surface area contributed by atoms with E-state index in [2.05, 4.69) is 4.90 Å². The van der Waals surface area contributed by atoms with Crippen molar-refractivity contribution in [1.29, 1.82) is 0 Å². The van der Waals surface area contributed by atoms with Gasteiger partial charge in [0.15, 0.2) is 0 Å². The van der Waals surface area contributed by atoms with Crippen molar-refractivity contribution in [3.8, 4) is 0 Å². The lowest BCUT2D eigenvalue weighted by atomic mass is 10.0. The van der Waals surface area contributed by atoms with E-state index < -0.39 is 0 Å². The van der Waals surface area contributed by atoms with Crippen molar-refractivity contribution in [2.24, 2.45) is 11.8 Å². The summed E-state index contributed by atoms with van der Waals surface area (Å²) in [6.07, 6.45) is 2.42. The molecule has 1 saturated heterocycles. The third kappa shape index (κ3) is 4.05. The number of Topliss-reactive ketones (excluding diaryl/α,β-unsaturated/α-hetero) is 1. The lowest BCUT2D eigenvalue weighted by Crippen LogP contribution is -2.50. The van der Waals surface area contributed by atoms with E-state index in [4.69, 9.17) is 11.6 Å². The number of piperazine rings is 1. The molecule has 0 radical (unpaired) electrons. The summed E-state index contributed by atoms with van der Waals surface area (Å²) in [6.45, 7) is 4.89. The van der Waals surface area contributed by atoms with Gasteiger partial charge in [-0.05, 0) is 31.0 Å². The molecular weight excluding hydrogens is 312 g/mol. The summed E-state index contributed by atoms with van der Waals surface area (Å²) < 4.78 is 0. The van der Waals surface area contributed by atoms with Gasteiger partial charge in [0.1, 0.15) is 5.78 Å². The second kappa shape index (κ2) is 6.91. The Balaban J connectivity index is 1.51. The Labute approximate surface area is 142 Å². The molecule has 1 aromatic carbocycles. The molecule has 1 amide bonds. The van der Waals surface area contributed by atoms with Crippen LogP contribution in [0, 0.1) is 11.8 Å². The smallest absolute Gasteiger partial charge is 0.225 e. The van der Waals surface area contributed by atoms with Crippen molar-refractivity contribution >= 4 is 29.0 Å². The second-order valence-electron chi connectivity index (χ2n) is 6.64. The van der Waals surface area contributed by atoms with Gasteiger partial charge in [0.2, 0.25) is 5.91 Å². The summed E-state index contributed by atoms with van der Waals surface area (Å²) in [4.78, 5) is 28.5. The van der Waals surface area contributed by atoms with Gasteiger partial charge in [0.05, 0.1) is 0 Å². The van der Waals surface area contributed by atoms with Gasteiger partial charge in [0.25, 0.3) is 0 Å². The number of anilines is 1. The van der Waals surface area contributed by atoms with Crippen LogP contribution in [0.4, 0.5) is 5.69 Å². The van der Waals surface area contributed by atoms with E-state index in [9.17, 15) is 9.59 Å². The van der Waals surface area contributed by atoms with Crippen LogP contribution in [0.1, 0.15) is 26.2 Å². The third-order valence-electron chi connectivity index (χ3n) is 4.73. The van der Waals surface area contributed by atoms with Crippen LogP contribution in [0.5, 0.6) is 0 Å². The molecule has 0 N–H and O–H groups in total. The molecule has 0 bridgehead atoms. The highest BCUT2D eigenvalue weighted by molar-refractivity contribution is 6.30. The highest BCUT2D eigenvalue weighted by Crippen LogP contribution is 2.32. The second-order valence-corrected chi connectivity index (χ2v) is 7.07. The van der Waals surface area contributed by atoms with E-state index in [1.807, 2.05) is 36.1 Å². The van der Waals surface area contributed by atoms with Gasteiger partial charge in [-0.1, -0.05) is 24.6 Å². The molecule has 3 rings (SSSR count). The summed E-state index contributed by atoms with van der Waals surface area (Å²) in [5.74, 6) is 0.430. The SMILES string of the molecule is CC(CC(=O)C1CC1)C(=O)N1CCN(c2cccc(Cl)c2)CC1. The Morgan fingerprint density at radius 2 is 1.91 bits per heavy atom. The van der Waals surface area contributed by atoms with Crippen molar-refractivity contribution in [3.63, 3.8) is 0 Å². The Morgan fingerprint density at radius 1 is 1.22 bits per heavy atom. The largest absolute Gasteiger partial charge is 0.368 e. The summed E-state index contributed by atoms with van der Waals surface area (Å²) in [5, 5.41) is 0.730. The molecule has 5 heteroatoms. The molecule has 23 heavy (non-hydrogen) atoms. The van der Waals surface area contributed by atoms with E-state index >= 15 is 0 Å². The number of carbonyl (C=O) groups excluding carboxylic acids is 2. The van der Waals surface area contributed by atoms with E-state index in [1.165, 1.54) is 0 Å².